The van der Waals surface area contributed by atoms with E-state index in [-0.39, 0.29) is 23.1 Å². The van der Waals surface area contributed by atoms with Gasteiger partial charge in [0.2, 0.25) is 0 Å². The SMILES string of the molecule is CN(c1cccnn1)[C@@H]1CCN(C(=O)c2cc(Cc3n[nH]c(=O)c4ccccc34)ccc2F)C1. The number of aromatic amines is 1. The van der Waals surface area contributed by atoms with Gasteiger partial charge in [-0.2, -0.15) is 10.2 Å². The molecule has 1 atom stereocenters. The Morgan fingerprint density at radius 1 is 1.18 bits per heavy atom. The lowest BCUT2D eigenvalue weighted by molar-refractivity contribution is 0.0786. The molecule has 172 valence electrons. The third-order valence-corrected chi connectivity index (χ3v) is 6.33. The summed E-state index contributed by atoms with van der Waals surface area (Å²) in [4.78, 5) is 28.9. The molecule has 0 unspecified atom stereocenters. The first kappa shape index (κ1) is 21.7. The smallest absolute Gasteiger partial charge is 0.272 e. The Kier molecular flexibility index (Phi) is 5.75. The van der Waals surface area contributed by atoms with Crippen LogP contribution >= 0.6 is 0 Å². The van der Waals surface area contributed by atoms with Crippen molar-refractivity contribution in [2.24, 2.45) is 0 Å². The number of benzene rings is 2. The van der Waals surface area contributed by atoms with Crippen molar-refractivity contribution in [2.45, 2.75) is 18.9 Å². The predicted octanol–water partition coefficient (Wildman–Crippen LogP) is 2.79. The van der Waals surface area contributed by atoms with E-state index >= 15 is 0 Å². The van der Waals surface area contributed by atoms with E-state index in [1.54, 1.807) is 35.4 Å². The van der Waals surface area contributed by atoms with Crippen molar-refractivity contribution in [3.63, 3.8) is 0 Å². The molecule has 1 aliphatic rings. The molecule has 2 aromatic carbocycles. The summed E-state index contributed by atoms with van der Waals surface area (Å²) in [5, 5.41) is 16.0. The molecular weight excluding hydrogens is 435 g/mol. The molecule has 8 nitrogen and oxygen atoms in total. The first-order valence-corrected chi connectivity index (χ1v) is 11.1. The highest BCUT2D eigenvalue weighted by Gasteiger charge is 2.31. The molecule has 3 heterocycles. The minimum atomic E-state index is -0.557. The number of amides is 1. The van der Waals surface area contributed by atoms with Crippen LogP contribution in [0.4, 0.5) is 10.2 Å². The van der Waals surface area contributed by atoms with Gasteiger partial charge in [0.15, 0.2) is 5.82 Å². The van der Waals surface area contributed by atoms with Crippen LogP contribution < -0.4 is 10.5 Å². The first-order chi connectivity index (χ1) is 16.5. The van der Waals surface area contributed by atoms with E-state index in [0.29, 0.717) is 30.6 Å². The molecule has 0 spiro atoms. The topological polar surface area (TPSA) is 95.1 Å². The van der Waals surface area contributed by atoms with Gasteiger partial charge in [-0.15, -0.1) is 5.10 Å². The Morgan fingerprint density at radius 2 is 2.00 bits per heavy atom. The molecule has 2 aromatic heterocycles. The number of anilines is 1. The third-order valence-electron chi connectivity index (χ3n) is 6.33. The number of likely N-dealkylation sites (tertiary alicyclic amines) is 1. The molecule has 0 bridgehead atoms. The van der Waals surface area contributed by atoms with E-state index < -0.39 is 5.82 Å². The number of nitrogens with one attached hydrogen (secondary N) is 1. The number of likely N-dealkylation sites (N-methyl/N-ethyl adjacent to an activating group) is 1. The van der Waals surface area contributed by atoms with E-state index in [9.17, 15) is 14.0 Å². The molecule has 1 fully saturated rings. The van der Waals surface area contributed by atoms with Gasteiger partial charge in [0, 0.05) is 44.2 Å². The minimum Gasteiger partial charge on any atom is -0.353 e. The molecule has 0 aliphatic carbocycles. The maximum Gasteiger partial charge on any atom is 0.272 e. The van der Waals surface area contributed by atoms with Crippen molar-refractivity contribution in [1.29, 1.82) is 0 Å². The number of nitrogens with zero attached hydrogens (tertiary/aromatic N) is 5. The summed E-state index contributed by atoms with van der Waals surface area (Å²) in [6.07, 6.45) is 2.73. The molecule has 1 aliphatic heterocycles. The van der Waals surface area contributed by atoms with Gasteiger partial charge < -0.3 is 9.80 Å². The second kappa shape index (κ2) is 9.01. The Morgan fingerprint density at radius 3 is 2.79 bits per heavy atom. The highest BCUT2D eigenvalue weighted by atomic mass is 19.1. The van der Waals surface area contributed by atoms with Crippen LogP contribution in [0.25, 0.3) is 10.8 Å². The predicted molar refractivity (Wildman–Crippen MR) is 126 cm³/mol. The molecule has 5 rings (SSSR count). The van der Waals surface area contributed by atoms with Crippen LogP contribution in [0.2, 0.25) is 0 Å². The summed E-state index contributed by atoms with van der Waals surface area (Å²) in [5.74, 6) is -0.164. The zero-order valence-corrected chi connectivity index (χ0v) is 18.6. The van der Waals surface area contributed by atoms with E-state index in [1.165, 1.54) is 6.07 Å². The average Bonchev–Trinajstić information content (AvgIpc) is 3.37. The fraction of sp³-hybridized carbons (Fsp3) is 0.240. The largest absolute Gasteiger partial charge is 0.353 e. The van der Waals surface area contributed by atoms with Crippen LogP contribution in [-0.2, 0) is 6.42 Å². The summed E-state index contributed by atoms with van der Waals surface area (Å²) in [7, 11) is 1.92. The van der Waals surface area contributed by atoms with E-state index in [1.807, 2.05) is 36.2 Å². The molecular formula is C25H23FN6O2. The van der Waals surface area contributed by atoms with E-state index in [0.717, 1.165) is 23.2 Å². The minimum absolute atomic E-state index is 0.0361. The zero-order chi connectivity index (χ0) is 23.7. The second-order valence-electron chi connectivity index (χ2n) is 8.42. The van der Waals surface area contributed by atoms with Crippen molar-refractivity contribution in [2.75, 3.05) is 25.0 Å². The van der Waals surface area contributed by atoms with Crippen LogP contribution in [0.1, 0.15) is 28.0 Å². The lowest BCUT2D eigenvalue weighted by Gasteiger charge is -2.25. The molecule has 1 amide bonds. The number of rotatable bonds is 5. The molecule has 1 N–H and O–H groups in total. The summed E-state index contributed by atoms with van der Waals surface area (Å²) < 4.78 is 14.7. The number of hydrogen-bond donors (Lipinski definition) is 1. The van der Waals surface area contributed by atoms with Gasteiger partial charge in [-0.05, 0) is 42.3 Å². The summed E-state index contributed by atoms with van der Waals surface area (Å²) in [6, 6.07) is 15.5. The zero-order valence-electron chi connectivity index (χ0n) is 18.6. The highest BCUT2D eigenvalue weighted by molar-refractivity contribution is 5.95. The third kappa shape index (κ3) is 4.12. The number of fused-ring (bicyclic) bond motifs is 1. The van der Waals surface area contributed by atoms with Crippen LogP contribution in [-0.4, -0.2) is 57.4 Å². The lowest BCUT2D eigenvalue weighted by atomic mass is 10.0. The number of halogens is 1. The number of hydrogen-bond acceptors (Lipinski definition) is 6. The summed E-state index contributed by atoms with van der Waals surface area (Å²) >= 11 is 0. The average molecular weight is 458 g/mol. The summed E-state index contributed by atoms with van der Waals surface area (Å²) in [5.41, 5.74) is 1.17. The van der Waals surface area contributed by atoms with Gasteiger partial charge in [-0.25, -0.2) is 9.49 Å². The molecule has 4 aromatic rings. The quantitative estimate of drug-likeness (QED) is 0.494. The number of H-pyrrole nitrogens is 1. The number of carbonyl (C=O) groups is 1. The van der Waals surface area contributed by atoms with Gasteiger partial charge in [0.1, 0.15) is 5.82 Å². The second-order valence-corrected chi connectivity index (χ2v) is 8.42. The fourth-order valence-electron chi connectivity index (χ4n) is 4.43. The molecule has 9 heteroatoms. The van der Waals surface area contributed by atoms with Gasteiger partial charge >= 0.3 is 0 Å². The number of aromatic nitrogens is 4. The monoisotopic (exact) mass is 458 g/mol. The Labute approximate surface area is 195 Å². The van der Waals surface area contributed by atoms with Crippen LogP contribution in [0.5, 0.6) is 0 Å². The first-order valence-electron chi connectivity index (χ1n) is 11.1. The fourth-order valence-corrected chi connectivity index (χ4v) is 4.43. The molecule has 34 heavy (non-hydrogen) atoms. The van der Waals surface area contributed by atoms with Gasteiger partial charge in [0.25, 0.3) is 11.5 Å². The van der Waals surface area contributed by atoms with E-state index in [2.05, 4.69) is 20.4 Å². The summed E-state index contributed by atoms with van der Waals surface area (Å²) in [6.45, 7) is 1.01. The Balaban J connectivity index is 1.36. The molecule has 1 saturated heterocycles. The maximum atomic E-state index is 14.7. The van der Waals surface area contributed by atoms with Crippen molar-refractivity contribution in [3.8, 4) is 0 Å². The van der Waals surface area contributed by atoms with Crippen molar-refractivity contribution < 1.29 is 9.18 Å². The Hall–Kier alpha value is -4.14. The van der Waals surface area contributed by atoms with Gasteiger partial charge in [0.05, 0.1) is 16.6 Å². The number of carbonyl (C=O) groups excluding carboxylic acids is 1. The van der Waals surface area contributed by atoms with Crippen LogP contribution in [0.3, 0.4) is 0 Å². The Bertz CT molecular complexity index is 1410. The van der Waals surface area contributed by atoms with Crippen molar-refractivity contribution in [3.05, 3.63) is 93.8 Å². The van der Waals surface area contributed by atoms with Gasteiger partial charge in [-0.1, -0.05) is 24.3 Å². The maximum absolute atomic E-state index is 14.7. The van der Waals surface area contributed by atoms with Crippen LogP contribution in [0.15, 0.2) is 65.6 Å². The molecule has 0 saturated carbocycles. The normalized spacial score (nSPS) is 15.6. The lowest BCUT2D eigenvalue weighted by Crippen LogP contribution is -2.37. The highest BCUT2D eigenvalue weighted by Crippen LogP contribution is 2.23. The van der Waals surface area contributed by atoms with Crippen molar-refractivity contribution in [1.82, 2.24) is 25.3 Å². The van der Waals surface area contributed by atoms with Gasteiger partial charge in [-0.3, -0.25) is 9.59 Å². The van der Waals surface area contributed by atoms with Crippen molar-refractivity contribution >= 4 is 22.5 Å². The standard InChI is InChI=1S/C25H23FN6O2/c1-31(23-7-4-11-27-29-23)17-10-12-32(15-17)25(34)20-13-16(8-9-21(20)26)14-22-18-5-2-3-6-19(18)24(33)30-28-22/h2-9,11,13,17H,10,12,14-15H2,1H3,(H,30,33)/t17-/m1/s1. The van der Waals surface area contributed by atoms with Crippen LogP contribution in [0, 0.1) is 5.82 Å². The van der Waals surface area contributed by atoms with E-state index in [4.69, 9.17) is 0 Å². The molecule has 0 radical (unpaired) electrons.